The molecule has 0 atom stereocenters. The van der Waals surface area contributed by atoms with E-state index in [1.807, 2.05) is 0 Å². The number of rotatable bonds is 1. The molecule has 1 aliphatic carbocycles. The lowest BCUT2D eigenvalue weighted by Gasteiger charge is -2.16. The van der Waals surface area contributed by atoms with E-state index in [1.165, 1.54) is 86.9 Å². The molecule has 0 saturated heterocycles. The molecule has 0 amide bonds. The lowest BCUT2D eigenvalue weighted by atomic mass is 9.87. The SMILES string of the molecule is c1ccc2c(c1)c1ccccc1c1cc(-c3ccc4c5c6c(cccc6c6ccccc6c35)C4)ccc21. The molecule has 0 spiro atoms. The van der Waals surface area contributed by atoms with Gasteiger partial charge in [0.1, 0.15) is 0 Å². The van der Waals surface area contributed by atoms with Gasteiger partial charge in [-0.05, 0) is 99.4 Å². The van der Waals surface area contributed by atoms with E-state index >= 15 is 0 Å². The summed E-state index contributed by atoms with van der Waals surface area (Å²) in [5, 5.41) is 16.3. The maximum Gasteiger partial charge on any atom is -0.00130 e. The van der Waals surface area contributed by atoms with Crippen molar-refractivity contribution in [2.75, 3.05) is 0 Å². The largest absolute Gasteiger partial charge is 0.0616 e. The Kier molecular flexibility index (Phi) is 3.67. The highest BCUT2D eigenvalue weighted by Gasteiger charge is 2.22. The molecule has 0 heterocycles. The molecule has 0 nitrogen and oxygen atoms in total. The summed E-state index contributed by atoms with van der Waals surface area (Å²) in [5.74, 6) is 0. The highest BCUT2D eigenvalue weighted by Crippen LogP contribution is 2.47. The zero-order chi connectivity index (χ0) is 24.1. The Hall–Kier alpha value is -4.68. The van der Waals surface area contributed by atoms with Gasteiger partial charge in [0.15, 0.2) is 0 Å². The molecule has 0 fully saturated rings. The minimum absolute atomic E-state index is 1.02. The van der Waals surface area contributed by atoms with Crippen molar-refractivity contribution < 1.29 is 0 Å². The van der Waals surface area contributed by atoms with Crippen molar-refractivity contribution in [1.82, 2.24) is 0 Å². The minimum Gasteiger partial charge on any atom is -0.0616 e. The summed E-state index contributed by atoms with van der Waals surface area (Å²) < 4.78 is 0. The van der Waals surface area contributed by atoms with Crippen LogP contribution in [0.5, 0.6) is 0 Å². The molecule has 0 bridgehead atoms. The quantitative estimate of drug-likeness (QED) is 0.211. The van der Waals surface area contributed by atoms with E-state index < -0.39 is 0 Å². The summed E-state index contributed by atoms with van der Waals surface area (Å²) in [5.41, 5.74) is 5.52. The average molecular weight is 467 g/mol. The normalized spacial score (nSPS) is 12.8. The van der Waals surface area contributed by atoms with Gasteiger partial charge in [-0.3, -0.25) is 0 Å². The molecule has 8 aromatic carbocycles. The molecule has 0 aliphatic heterocycles. The Morgan fingerprint density at radius 1 is 0.324 bits per heavy atom. The molecule has 0 N–H and O–H groups in total. The molecular weight excluding hydrogens is 444 g/mol. The molecule has 9 rings (SSSR count). The fraction of sp³-hybridized carbons (Fsp3) is 0.0270. The Labute approximate surface area is 214 Å². The van der Waals surface area contributed by atoms with Crippen LogP contribution in [0.4, 0.5) is 0 Å². The Balaban J connectivity index is 1.46. The molecule has 0 unspecified atom stereocenters. The smallest absolute Gasteiger partial charge is 0.00130 e. The van der Waals surface area contributed by atoms with Crippen molar-refractivity contribution in [3.8, 4) is 11.1 Å². The van der Waals surface area contributed by atoms with Gasteiger partial charge in [-0.1, -0.05) is 115 Å². The van der Waals surface area contributed by atoms with Crippen molar-refractivity contribution >= 4 is 64.6 Å². The second-order valence-corrected chi connectivity index (χ2v) is 10.4. The first-order valence-electron chi connectivity index (χ1n) is 13.1. The lowest BCUT2D eigenvalue weighted by molar-refractivity contribution is 1.27. The second kappa shape index (κ2) is 6.96. The maximum absolute atomic E-state index is 2.43. The van der Waals surface area contributed by atoms with Gasteiger partial charge < -0.3 is 0 Å². The Morgan fingerprint density at radius 2 is 0.838 bits per heavy atom. The molecule has 0 radical (unpaired) electrons. The van der Waals surface area contributed by atoms with Crippen LogP contribution in [0.25, 0.3) is 75.8 Å². The van der Waals surface area contributed by atoms with Crippen molar-refractivity contribution in [2.45, 2.75) is 6.42 Å². The Bertz CT molecular complexity index is 2230. The highest BCUT2D eigenvalue weighted by atomic mass is 14.3. The molecule has 0 saturated carbocycles. The van der Waals surface area contributed by atoms with Gasteiger partial charge in [0.05, 0.1) is 0 Å². The summed E-state index contributed by atoms with van der Waals surface area (Å²) in [6.45, 7) is 0. The van der Waals surface area contributed by atoms with Gasteiger partial charge in [-0.2, -0.15) is 0 Å². The number of fused-ring (bicyclic) bond motifs is 9. The first-order valence-corrected chi connectivity index (χ1v) is 13.1. The zero-order valence-corrected chi connectivity index (χ0v) is 20.3. The van der Waals surface area contributed by atoms with E-state index in [2.05, 4.69) is 121 Å². The predicted octanol–water partition coefficient (Wildman–Crippen LogP) is 10.2. The topological polar surface area (TPSA) is 0 Å². The van der Waals surface area contributed by atoms with E-state index in [0.717, 1.165) is 6.42 Å². The van der Waals surface area contributed by atoms with Crippen molar-refractivity contribution in [1.29, 1.82) is 0 Å². The van der Waals surface area contributed by atoms with Crippen LogP contribution in [0.2, 0.25) is 0 Å². The van der Waals surface area contributed by atoms with Crippen LogP contribution in [0, 0.1) is 0 Å². The molecule has 1 aliphatic rings. The minimum atomic E-state index is 1.02. The number of benzene rings is 8. The third kappa shape index (κ3) is 2.47. The third-order valence-corrected chi connectivity index (χ3v) is 8.62. The van der Waals surface area contributed by atoms with Gasteiger partial charge in [0, 0.05) is 0 Å². The van der Waals surface area contributed by atoms with Gasteiger partial charge in [0.25, 0.3) is 0 Å². The average Bonchev–Trinajstić information content (AvgIpc) is 3.36. The third-order valence-electron chi connectivity index (χ3n) is 8.62. The number of hydrogen-bond donors (Lipinski definition) is 0. The van der Waals surface area contributed by atoms with Crippen LogP contribution in [0.1, 0.15) is 11.1 Å². The van der Waals surface area contributed by atoms with E-state index in [4.69, 9.17) is 0 Å². The highest BCUT2D eigenvalue weighted by molar-refractivity contribution is 6.31. The van der Waals surface area contributed by atoms with Crippen molar-refractivity contribution in [3.05, 3.63) is 132 Å². The van der Waals surface area contributed by atoms with Gasteiger partial charge >= 0.3 is 0 Å². The summed E-state index contributed by atoms with van der Waals surface area (Å²) in [7, 11) is 0. The van der Waals surface area contributed by atoms with E-state index in [1.54, 1.807) is 0 Å². The Morgan fingerprint density at radius 3 is 1.54 bits per heavy atom. The fourth-order valence-corrected chi connectivity index (χ4v) is 7.08. The summed E-state index contributed by atoms with van der Waals surface area (Å²) in [4.78, 5) is 0. The molecule has 0 aromatic heterocycles. The van der Waals surface area contributed by atoms with E-state index in [0.29, 0.717) is 0 Å². The van der Waals surface area contributed by atoms with Crippen molar-refractivity contribution in [3.63, 3.8) is 0 Å². The van der Waals surface area contributed by atoms with Gasteiger partial charge in [-0.25, -0.2) is 0 Å². The van der Waals surface area contributed by atoms with Crippen LogP contribution >= 0.6 is 0 Å². The molecular formula is C37H22. The van der Waals surface area contributed by atoms with Crippen LogP contribution in [-0.2, 0) is 6.42 Å². The van der Waals surface area contributed by atoms with Crippen LogP contribution < -0.4 is 0 Å². The van der Waals surface area contributed by atoms with E-state index in [9.17, 15) is 0 Å². The van der Waals surface area contributed by atoms with E-state index in [-0.39, 0.29) is 0 Å². The molecule has 0 heteroatoms. The first kappa shape index (κ1) is 19.5. The zero-order valence-electron chi connectivity index (χ0n) is 20.3. The van der Waals surface area contributed by atoms with Gasteiger partial charge in [0.2, 0.25) is 0 Å². The van der Waals surface area contributed by atoms with Crippen LogP contribution in [-0.4, -0.2) is 0 Å². The van der Waals surface area contributed by atoms with Gasteiger partial charge in [-0.15, -0.1) is 0 Å². The van der Waals surface area contributed by atoms with Crippen LogP contribution in [0.3, 0.4) is 0 Å². The fourth-order valence-electron chi connectivity index (χ4n) is 7.08. The molecule has 37 heavy (non-hydrogen) atoms. The monoisotopic (exact) mass is 466 g/mol. The van der Waals surface area contributed by atoms with Crippen molar-refractivity contribution in [2.24, 2.45) is 0 Å². The van der Waals surface area contributed by atoms with Crippen LogP contribution in [0.15, 0.2) is 121 Å². The predicted molar refractivity (Wildman–Crippen MR) is 160 cm³/mol. The summed E-state index contributed by atoms with van der Waals surface area (Å²) in [6.07, 6.45) is 1.02. The summed E-state index contributed by atoms with van der Waals surface area (Å²) in [6, 6.07) is 45.3. The summed E-state index contributed by atoms with van der Waals surface area (Å²) >= 11 is 0. The maximum atomic E-state index is 2.43. The first-order chi connectivity index (χ1) is 18.4. The second-order valence-electron chi connectivity index (χ2n) is 10.4. The lowest BCUT2D eigenvalue weighted by Crippen LogP contribution is -1.89. The number of hydrogen-bond acceptors (Lipinski definition) is 0. The standard InChI is InChI=1S/C37H22/c1-2-11-28-26(9-1)27-10-3-4-12-29(27)34-21-22(16-19-31(28)34)25-18-17-24-20-23-8-7-15-32-30-13-5-6-14-33(30)37(25)36(24)35(23)32/h1-19,21H,20H2. The molecule has 170 valence electrons. The molecule has 8 aromatic rings.